The molecule has 178 valence electrons. The monoisotopic (exact) mass is 474 g/mol. The Kier molecular flexibility index (Phi) is 5.75. The average Bonchev–Trinajstić information content (AvgIpc) is 3.30. The molecule has 2 amide bonds. The summed E-state index contributed by atoms with van der Waals surface area (Å²) in [5, 5.41) is 8.12. The second-order valence-corrected chi connectivity index (χ2v) is 8.28. The molecule has 5 N–H and O–H groups in total. The van der Waals surface area contributed by atoms with Crippen LogP contribution in [0.1, 0.15) is 51.4 Å². The number of nitrogens with one attached hydrogen (secondary N) is 3. The average molecular weight is 474 g/mol. The van der Waals surface area contributed by atoms with E-state index in [1.807, 2.05) is 0 Å². The number of hydrogen-bond donors (Lipinski definition) is 4. The minimum atomic E-state index is -1.39. The van der Waals surface area contributed by atoms with Crippen molar-refractivity contribution in [3.8, 4) is 0 Å². The largest absolute Gasteiger partial charge is 0.403 e. The number of benzene rings is 1. The lowest BCUT2D eigenvalue weighted by Gasteiger charge is -2.16. The molecule has 0 spiro atoms. The summed E-state index contributed by atoms with van der Waals surface area (Å²) in [5.41, 5.74) is 12.1. The zero-order chi connectivity index (χ0) is 24.8. The third-order valence-electron chi connectivity index (χ3n) is 6.19. The summed E-state index contributed by atoms with van der Waals surface area (Å²) in [4.78, 5) is 38.9. The van der Waals surface area contributed by atoms with Crippen LogP contribution in [0.15, 0.2) is 29.1 Å². The molecule has 0 bridgehead atoms. The van der Waals surface area contributed by atoms with E-state index in [2.05, 4.69) is 15.7 Å². The zero-order valence-electron chi connectivity index (χ0n) is 18.1. The molecular formula is C22H21F3N6O3. The molecule has 2 heterocycles. The number of hydrogen-bond acceptors (Lipinski definition) is 6. The van der Waals surface area contributed by atoms with Gasteiger partial charge in [-0.1, -0.05) is 0 Å². The maximum absolute atomic E-state index is 14.0. The highest BCUT2D eigenvalue weighted by atomic mass is 19.2. The van der Waals surface area contributed by atoms with Crippen molar-refractivity contribution in [3.63, 3.8) is 0 Å². The number of carbonyl (C=O) groups is 3. The van der Waals surface area contributed by atoms with Gasteiger partial charge in [0.2, 0.25) is 0 Å². The second-order valence-electron chi connectivity index (χ2n) is 8.28. The van der Waals surface area contributed by atoms with Crippen molar-refractivity contribution in [3.05, 3.63) is 64.0 Å². The number of fused-ring (bicyclic) bond motifs is 1. The number of amides is 2. The zero-order valence-corrected chi connectivity index (χ0v) is 18.1. The molecule has 1 aliphatic heterocycles. The van der Waals surface area contributed by atoms with Gasteiger partial charge in [0.15, 0.2) is 11.6 Å². The van der Waals surface area contributed by atoms with E-state index in [0.717, 1.165) is 6.20 Å². The lowest BCUT2D eigenvalue weighted by molar-refractivity contribution is -0.117. The van der Waals surface area contributed by atoms with E-state index in [1.165, 1.54) is 6.92 Å². The van der Waals surface area contributed by atoms with Crippen molar-refractivity contribution in [1.82, 2.24) is 9.88 Å². The first-order valence-electron chi connectivity index (χ1n) is 10.5. The van der Waals surface area contributed by atoms with Crippen LogP contribution >= 0.6 is 0 Å². The number of carbonyl (C=O) groups excluding carboxylic acids is 3. The van der Waals surface area contributed by atoms with E-state index >= 15 is 0 Å². The number of aromatic nitrogens is 1. The molecule has 1 aromatic carbocycles. The van der Waals surface area contributed by atoms with Gasteiger partial charge in [0, 0.05) is 30.6 Å². The van der Waals surface area contributed by atoms with Crippen LogP contribution < -0.4 is 16.4 Å². The van der Waals surface area contributed by atoms with Crippen molar-refractivity contribution in [2.45, 2.75) is 44.7 Å². The van der Waals surface area contributed by atoms with Crippen LogP contribution in [-0.4, -0.2) is 27.7 Å². The molecule has 0 atom stereocenters. The highest BCUT2D eigenvalue weighted by Gasteiger charge is 2.49. The van der Waals surface area contributed by atoms with Crippen LogP contribution in [0.5, 0.6) is 0 Å². The van der Waals surface area contributed by atoms with Crippen LogP contribution in [0.3, 0.4) is 0 Å². The SMILES string of the molecule is Cc1c(C(=O)C(=O)NC2(/C(=C/N)N=N)CC2)c2n(c1C(=O)Nc1cc(F)c(F)cc1F)CCC2. The molecule has 34 heavy (non-hydrogen) atoms. The van der Waals surface area contributed by atoms with Crippen LogP contribution in [0, 0.1) is 29.9 Å². The van der Waals surface area contributed by atoms with Gasteiger partial charge in [0.05, 0.1) is 16.8 Å². The highest BCUT2D eigenvalue weighted by Crippen LogP contribution is 2.42. The summed E-state index contributed by atoms with van der Waals surface area (Å²) in [6, 6.07) is 0.848. The Morgan fingerprint density at radius 1 is 1.18 bits per heavy atom. The molecule has 4 rings (SSSR count). The maximum Gasteiger partial charge on any atom is 0.293 e. The Morgan fingerprint density at radius 3 is 2.47 bits per heavy atom. The summed E-state index contributed by atoms with van der Waals surface area (Å²) in [7, 11) is 0. The number of nitrogens with zero attached hydrogens (tertiary/aromatic N) is 2. The van der Waals surface area contributed by atoms with E-state index in [4.69, 9.17) is 11.3 Å². The standard InChI is InChI=1S/C22H21F3N6O3/c1-10-17(19(32)21(34)29-22(4-5-22)16(9-26)30-27)15-3-2-6-31(15)18(10)20(33)28-14-8-12(24)11(23)7-13(14)25/h7-9,27H,2-6,26H2,1H3,(H,28,33)(H,29,34)/b16-9-,30-27?. The van der Waals surface area contributed by atoms with Crippen molar-refractivity contribution in [2.75, 3.05) is 5.32 Å². The quantitative estimate of drug-likeness (QED) is 0.212. The van der Waals surface area contributed by atoms with Gasteiger partial charge < -0.3 is 20.9 Å². The first-order valence-corrected chi connectivity index (χ1v) is 10.5. The molecule has 1 aliphatic carbocycles. The predicted molar refractivity (Wildman–Crippen MR) is 114 cm³/mol. The fourth-order valence-corrected chi connectivity index (χ4v) is 4.37. The Hall–Kier alpha value is -3.96. The summed E-state index contributed by atoms with van der Waals surface area (Å²) in [5.74, 6) is -6.51. The summed E-state index contributed by atoms with van der Waals surface area (Å²) in [6.45, 7) is 1.87. The van der Waals surface area contributed by atoms with Crippen LogP contribution in [0.2, 0.25) is 0 Å². The topological polar surface area (TPSA) is 142 Å². The molecular weight excluding hydrogens is 453 g/mol. The molecule has 1 fully saturated rings. The Morgan fingerprint density at radius 2 is 1.85 bits per heavy atom. The van der Waals surface area contributed by atoms with Crippen LogP contribution in [0.25, 0.3) is 0 Å². The number of nitrogens with two attached hydrogens (primary N) is 1. The van der Waals surface area contributed by atoms with Crippen LogP contribution in [-0.2, 0) is 17.8 Å². The van der Waals surface area contributed by atoms with E-state index < -0.39 is 46.3 Å². The van der Waals surface area contributed by atoms with Gasteiger partial charge in [0.1, 0.15) is 17.2 Å². The molecule has 1 aromatic heterocycles. The molecule has 9 nitrogen and oxygen atoms in total. The second kappa shape index (κ2) is 8.43. The van der Waals surface area contributed by atoms with Gasteiger partial charge in [-0.05, 0) is 38.2 Å². The first-order chi connectivity index (χ1) is 16.1. The summed E-state index contributed by atoms with van der Waals surface area (Å²) in [6.07, 6.45) is 3.09. The summed E-state index contributed by atoms with van der Waals surface area (Å²) >= 11 is 0. The number of halogens is 3. The van der Waals surface area contributed by atoms with Gasteiger partial charge in [-0.25, -0.2) is 18.7 Å². The van der Waals surface area contributed by atoms with Gasteiger partial charge in [0.25, 0.3) is 17.6 Å². The molecule has 2 aromatic rings. The van der Waals surface area contributed by atoms with Crippen molar-refractivity contribution in [2.24, 2.45) is 10.8 Å². The van der Waals surface area contributed by atoms with Crippen molar-refractivity contribution < 1.29 is 27.6 Å². The Labute approximate surface area is 191 Å². The molecule has 0 saturated heterocycles. The predicted octanol–water partition coefficient (Wildman–Crippen LogP) is 3.07. The molecule has 12 heteroatoms. The van der Waals surface area contributed by atoms with Gasteiger partial charge >= 0.3 is 0 Å². The fraction of sp³-hybridized carbons (Fsp3) is 0.318. The van der Waals surface area contributed by atoms with E-state index in [9.17, 15) is 27.6 Å². The first kappa shape index (κ1) is 23.2. The Bertz CT molecular complexity index is 1280. The number of ketones is 1. The van der Waals surface area contributed by atoms with Gasteiger partial charge in [-0.2, -0.15) is 5.11 Å². The van der Waals surface area contributed by atoms with Gasteiger partial charge in [-0.3, -0.25) is 14.4 Å². The summed E-state index contributed by atoms with van der Waals surface area (Å²) < 4.78 is 42.4. The Balaban J connectivity index is 1.64. The van der Waals surface area contributed by atoms with Crippen molar-refractivity contribution >= 4 is 23.3 Å². The van der Waals surface area contributed by atoms with Crippen LogP contribution in [0.4, 0.5) is 18.9 Å². The third kappa shape index (κ3) is 3.74. The van der Waals surface area contributed by atoms with Gasteiger partial charge in [-0.15, -0.1) is 0 Å². The molecule has 0 unspecified atom stereocenters. The maximum atomic E-state index is 14.0. The third-order valence-corrected chi connectivity index (χ3v) is 6.19. The number of rotatable bonds is 7. The number of Topliss-reactive ketones (excluding diaryl/α,β-unsaturated/α-hetero) is 1. The number of anilines is 1. The lowest BCUT2D eigenvalue weighted by atomic mass is 10.0. The van der Waals surface area contributed by atoms with E-state index in [1.54, 1.807) is 4.57 Å². The van der Waals surface area contributed by atoms with E-state index in [0.29, 0.717) is 50.1 Å². The highest BCUT2D eigenvalue weighted by molar-refractivity contribution is 6.44. The molecule has 0 radical (unpaired) electrons. The minimum absolute atomic E-state index is 0.0256. The normalized spacial score (nSPS) is 16.1. The molecule has 2 aliphatic rings. The minimum Gasteiger partial charge on any atom is -0.403 e. The smallest absolute Gasteiger partial charge is 0.293 e. The fourth-order valence-electron chi connectivity index (χ4n) is 4.37. The molecule has 1 saturated carbocycles. The van der Waals surface area contributed by atoms with E-state index in [-0.39, 0.29) is 22.5 Å². The lowest BCUT2D eigenvalue weighted by Crippen LogP contribution is -2.42. The van der Waals surface area contributed by atoms with Crippen molar-refractivity contribution in [1.29, 1.82) is 5.53 Å².